The second-order valence-corrected chi connectivity index (χ2v) is 13.6. The average Bonchev–Trinajstić information content (AvgIpc) is 3.60. The number of benzene rings is 3. The molecular weight excluding hydrogens is 621 g/mol. The molecule has 7 rings (SSSR count). The van der Waals surface area contributed by atoms with Crippen molar-refractivity contribution in [3.63, 3.8) is 0 Å². The van der Waals surface area contributed by atoms with E-state index in [0.717, 1.165) is 82.3 Å². The van der Waals surface area contributed by atoms with Gasteiger partial charge in [0.2, 0.25) is 0 Å². The van der Waals surface area contributed by atoms with Gasteiger partial charge in [-0.2, -0.15) is 0 Å². The lowest BCUT2D eigenvalue weighted by Crippen LogP contribution is -2.49. The van der Waals surface area contributed by atoms with Crippen LogP contribution in [0.25, 0.3) is 11.1 Å². The van der Waals surface area contributed by atoms with Gasteiger partial charge in [-0.05, 0) is 59.8 Å². The van der Waals surface area contributed by atoms with Crippen LogP contribution in [0.15, 0.2) is 48.5 Å². The van der Waals surface area contributed by atoms with Crippen LogP contribution in [0.1, 0.15) is 62.2 Å². The zero-order valence-electron chi connectivity index (χ0n) is 26.4. The monoisotopic (exact) mass is 659 g/mol. The lowest BCUT2D eigenvalue weighted by molar-refractivity contribution is -0.00322. The highest BCUT2D eigenvalue weighted by Crippen LogP contribution is 2.47. The molecule has 4 aromatic rings. The van der Waals surface area contributed by atoms with Gasteiger partial charge in [0.05, 0.1) is 23.9 Å². The van der Waals surface area contributed by atoms with Crippen LogP contribution in [0.4, 0.5) is 0 Å². The van der Waals surface area contributed by atoms with E-state index in [1.165, 1.54) is 11.1 Å². The summed E-state index contributed by atoms with van der Waals surface area (Å²) in [6.07, 6.45) is 2.47. The predicted octanol–water partition coefficient (Wildman–Crippen LogP) is 5.58. The van der Waals surface area contributed by atoms with E-state index in [0.29, 0.717) is 37.0 Å². The van der Waals surface area contributed by atoms with Gasteiger partial charge < -0.3 is 24.6 Å². The van der Waals surface area contributed by atoms with Gasteiger partial charge in [-0.25, -0.2) is 4.98 Å². The first kappa shape index (κ1) is 31.2. The minimum atomic E-state index is -0.253. The zero-order valence-corrected chi connectivity index (χ0v) is 28.0. The molecule has 46 heavy (non-hydrogen) atoms. The lowest BCUT2D eigenvalue weighted by Gasteiger charge is -2.36. The van der Waals surface area contributed by atoms with Gasteiger partial charge in [-0.15, -0.1) is 0 Å². The van der Waals surface area contributed by atoms with Crippen molar-refractivity contribution in [1.82, 2.24) is 24.7 Å². The molecule has 2 N–H and O–H groups in total. The van der Waals surface area contributed by atoms with E-state index < -0.39 is 0 Å². The second kappa shape index (κ2) is 12.7. The molecular formula is C36H39Cl2N5O3. The van der Waals surface area contributed by atoms with Crippen molar-refractivity contribution < 1.29 is 14.6 Å². The Balaban J connectivity index is 1.12. The topological polar surface area (TPSA) is 82.9 Å². The van der Waals surface area contributed by atoms with Crippen LogP contribution in [-0.4, -0.2) is 70.3 Å². The fourth-order valence-corrected chi connectivity index (χ4v) is 7.99. The first-order valence-corrected chi connectivity index (χ1v) is 16.6. The van der Waals surface area contributed by atoms with E-state index in [4.69, 9.17) is 27.9 Å². The third kappa shape index (κ3) is 5.71. The molecule has 0 bridgehead atoms. The molecule has 1 fully saturated rings. The first-order valence-electron chi connectivity index (χ1n) is 15.9. The van der Waals surface area contributed by atoms with Gasteiger partial charge in [-0.1, -0.05) is 59.6 Å². The van der Waals surface area contributed by atoms with Gasteiger partial charge >= 0.3 is 0 Å². The number of amides is 1. The SMILES string of the molecule is COc1cc(C2CCc3c(-c4cccc(CNC(=O)c5nc6c(n5C)CCN(C)C6)c4Cl)cccc32)c(Cl)cc1CN1CC(O)C1. The third-order valence-corrected chi connectivity index (χ3v) is 10.6. The highest BCUT2D eigenvalue weighted by molar-refractivity contribution is 6.34. The summed E-state index contributed by atoms with van der Waals surface area (Å²) in [6.45, 7) is 4.05. The highest BCUT2D eigenvalue weighted by atomic mass is 35.5. The summed E-state index contributed by atoms with van der Waals surface area (Å²) in [5.41, 5.74) is 9.63. The molecule has 1 atom stereocenters. The number of nitrogens with zero attached hydrogens (tertiary/aromatic N) is 4. The Bertz CT molecular complexity index is 1820. The van der Waals surface area contributed by atoms with Crippen LogP contribution < -0.4 is 10.1 Å². The number of carbonyl (C=O) groups is 1. The summed E-state index contributed by atoms with van der Waals surface area (Å²) < 4.78 is 7.73. The molecule has 0 spiro atoms. The summed E-state index contributed by atoms with van der Waals surface area (Å²) in [5, 5.41) is 14.1. The number of hydrogen-bond acceptors (Lipinski definition) is 6. The Hall–Kier alpha value is -3.40. The number of imidazole rings is 1. The summed E-state index contributed by atoms with van der Waals surface area (Å²) in [5.74, 6) is 1.19. The number of carbonyl (C=O) groups excluding carboxylic acids is 1. The standard InChI is InChI=1S/C36H39Cl2N5O3/c1-41-13-12-32-31(20-41)40-35(42(32)2)36(45)39-16-21-6-4-9-28(34(21)38)25-8-5-7-24-26(25)10-11-27(24)29-15-33(46-3)22(14-30(29)37)17-43-18-23(44)19-43/h4-9,14-15,23,27,44H,10-13,16-20H2,1-3H3,(H,39,45). The zero-order chi connectivity index (χ0) is 32.1. The van der Waals surface area contributed by atoms with Crippen molar-refractivity contribution in [2.75, 3.05) is 33.8 Å². The van der Waals surface area contributed by atoms with Crippen molar-refractivity contribution >= 4 is 29.1 Å². The van der Waals surface area contributed by atoms with E-state index >= 15 is 0 Å². The number of aliphatic hydroxyl groups excluding tert-OH is 1. The van der Waals surface area contributed by atoms with Crippen molar-refractivity contribution in [3.05, 3.63) is 104 Å². The fourth-order valence-electron chi connectivity index (χ4n) is 7.37. The largest absolute Gasteiger partial charge is 0.496 e. The molecule has 1 saturated heterocycles. The van der Waals surface area contributed by atoms with Crippen LogP contribution in [0, 0.1) is 0 Å². The number of rotatable bonds is 8. The molecule has 8 nitrogen and oxygen atoms in total. The molecule has 3 aromatic carbocycles. The van der Waals surface area contributed by atoms with Crippen molar-refractivity contribution in [2.45, 2.75) is 50.9 Å². The van der Waals surface area contributed by atoms with Crippen LogP contribution >= 0.6 is 23.2 Å². The number of hydrogen-bond donors (Lipinski definition) is 2. The minimum absolute atomic E-state index is 0.140. The van der Waals surface area contributed by atoms with Crippen LogP contribution in [0.3, 0.4) is 0 Å². The number of fused-ring (bicyclic) bond motifs is 2. The smallest absolute Gasteiger partial charge is 0.287 e. The molecule has 1 aromatic heterocycles. The minimum Gasteiger partial charge on any atom is -0.496 e. The van der Waals surface area contributed by atoms with Gasteiger partial charge in [0, 0.05) is 80.5 Å². The van der Waals surface area contributed by atoms with Gasteiger partial charge in [0.15, 0.2) is 5.82 Å². The number of aromatic nitrogens is 2. The average molecular weight is 661 g/mol. The number of likely N-dealkylation sites (tertiary alicyclic amines) is 1. The van der Waals surface area contributed by atoms with E-state index in [1.54, 1.807) is 7.11 Å². The molecule has 0 radical (unpaired) electrons. The molecule has 1 amide bonds. The number of halogens is 2. The number of methoxy groups -OCH3 is 1. The van der Waals surface area contributed by atoms with E-state index in [-0.39, 0.29) is 17.9 Å². The Morgan fingerprint density at radius 1 is 1.04 bits per heavy atom. The summed E-state index contributed by atoms with van der Waals surface area (Å²) in [4.78, 5) is 22.3. The third-order valence-electron chi connectivity index (χ3n) is 9.84. The van der Waals surface area contributed by atoms with Crippen molar-refractivity contribution in [3.8, 4) is 16.9 Å². The van der Waals surface area contributed by atoms with Crippen LogP contribution in [0.2, 0.25) is 10.0 Å². The number of nitrogens with one attached hydrogen (secondary N) is 1. The Morgan fingerprint density at radius 3 is 2.61 bits per heavy atom. The number of likely N-dealkylation sites (N-methyl/N-ethyl adjacent to an activating group) is 1. The Morgan fingerprint density at radius 2 is 1.83 bits per heavy atom. The summed E-state index contributed by atoms with van der Waals surface area (Å²) >= 11 is 14.0. The van der Waals surface area contributed by atoms with E-state index in [1.807, 2.05) is 29.8 Å². The summed E-state index contributed by atoms with van der Waals surface area (Å²) in [7, 11) is 5.68. The van der Waals surface area contributed by atoms with Crippen molar-refractivity contribution in [1.29, 1.82) is 0 Å². The molecule has 2 aliphatic heterocycles. The quantitative estimate of drug-likeness (QED) is 0.257. The second-order valence-electron chi connectivity index (χ2n) is 12.8. The van der Waals surface area contributed by atoms with Crippen molar-refractivity contribution in [2.24, 2.45) is 7.05 Å². The maximum Gasteiger partial charge on any atom is 0.287 e. The number of ether oxygens (including phenoxy) is 1. The van der Waals surface area contributed by atoms with Crippen LogP contribution in [0.5, 0.6) is 5.75 Å². The Labute approximate surface area is 279 Å². The molecule has 1 aliphatic carbocycles. The van der Waals surface area contributed by atoms with Gasteiger partial charge in [0.25, 0.3) is 5.91 Å². The Kier molecular flexibility index (Phi) is 8.59. The van der Waals surface area contributed by atoms with Crippen LogP contribution in [-0.2, 0) is 39.5 Å². The number of aliphatic hydroxyl groups is 1. The normalized spacial score (nSPS) is 18.3. The molecule has 240 valence electrons. The molecule has 10 heteroatoms. The lowest BCUT2D eigenvalue weighted by atomic mass is 9.89. The van der Waals surface area contributed by atoms with E-state index in [9.17, 15) is 9.90 Å². The number of β-amino-alcohol motifs (C(OH)–C–C–N with tert-alkyl or cyclic N) is 1. The maximum atomic E-state index is 13.2. The van der Waals surface area contributed by atoms with Gasteiger partial charge in [0.1, 0.15) is 5.75 Å². The molecule has 0 saturated carbocycles. The molecule has 1 unspecified atom stereocenters. The first-order chi connectivity index (χ1) is 22.2. The molecule has 3 heterocycles. The maximum absolute atomic E-state index is 13.2. The summed E-state index contributed by atoms with van der Waals surface area (Å²) in [6, 6.07) is 16.5. The van der Waals surface area contributed by atoms with E-state index in [2.05, 4.69) is 57.5 Å². The molecule has 3 aliphatic rings. The fraction of sp³-hybridized carbons (Fsp3) is 0.389. The highest BCUT2D eigenvalue weighted by Gasteiger charge is 2.31. The van der Waals surface area contributed by atoms with Gasteiger partial charge in [-0.3, -0.25) is 9.69 Å². The predicted molar refractivity (Wildman–Crippen MR) is 181 cm³/mol.